The van der Waals surface area contributed by atoms with Gasteiger partial charge in [-0.15, -0.1) is 0 Å². The molecule has 36 heavy (non-hydrogen) atoms. The minimum absolute atomic E-state index is 0.0262. The molecule has 3 aromatic rings. The first kappa shape index (κ1) is 27.1. The quantitative estimate of drug-likeness (QED) is 0.137. The van der Waals surface area contributed by atoms with E-state index in [2.05, 4.69) is 6.58 Å². The van der Waals surface area contributed by atoms with Crippen molar-refractivity contribution in [3.63, 3.8) is 0 Å². The van der Waals surface area contributed by atoms with Gasteiger partial charge in [0.2, 0.25) is 0 Å². The highest BCUT2D eigenvalue weighted by Crippen LogP contribution is 2.19. The van der Waals surface area contributed by atoms with E-state index >= 15 is 0 Å². The summed E-state index contributed by atoms with van der Waals surface area (Å²) in [5.74, 6) is -0.343. The lowest BCUT2D eigenvalue weighted by atomic mass is 10.1. The molecular formula is C31H37NO4. The van der Waals surface area contributed by atoms with Crippen LogP contribution in [0.3, 0.4) is 0 Å². The molecule has 5 heteroatoms. The summed E-state index contributed by atoms with van der Waals surface area (Å²) in [4.78, 5) is 36.2. The zero-order valence-corrected chi connectivity index (χ0v) is 21.1. The summed E-state index contributed by atoms with van der Waals surface area (Å²) in [6.45, 7) is 4.56. The van der Waals surface area contributed by atoms with Gasteiger partial charge in [0.25, 0.3) is 5.56 Å². The summed E-state index contributed by atoms with van der Waals surface area (Å²) in [6, 6.07) is 16.5. The fraction of sp³-hybridized carbons (Fsp3) is 0.387. The Kier molecular flexibility index (Phi) is 11.2. The highest BCUT2D eigenvalue weighted by atomic mass is 16.5. The first-order valence-electron chi connectivity index (χ1n) is 13.1. The van der Waals surface area contributed by atoms with Gasteiger partial charge in [0, 0.05) is 30.4 Å². The van der Waals surface area contributed by atoms with Crippen LogP contribution in [0, 0.1) is 0 Å². The first-order chi connectivity index (χ1) is 17.6. The molecule has 3 rings (SSSR count). The fourth-order valence-corrected chi connectivity index (χ4v) is 4.40. The van der Waals surface area contributed by atoms with Crippen LogP contribution in [0.25, 0.3) is 21.9 Å². The number of fused-ring (bicyclic) bond motifs is 1. The number of benzene rings is 1. The van der Waals surface area contributed by atoms with Crippen molar-refractivity contribution in [2.75, 3.05) is 6.61 Å². The second-order valence-electron chi connectivity index (χ2n) is 9.24. The Morgan fingerprint density at radius 3 is 2.08 bits per heavy atom. The zero-order chi connectivity index (χ0) is 25.6. The molecule has 0 saturated heterocycles. The average molecular weight is 488 g/mol. The molecule has 0 aliphatic rings. The molecule has 0 fully saturated rings. The molecule has 0 aliphatic carbocycles. The van der Waals surface area contributed by atoms with Crippen LogP contribution >= 0.6 is 0 Å². The molecule has 0 spiro atoms. The van der Waals surface area contributed by atoms with Crippen LogP contribution in [-0.2, 0) is 16.1 Å². The number of hydrogen-bond donors (Lipinski definition) is 0. The van der Waals surface area contributed by atoms with E-state index < -0.39 is 0 Å². The summed E-state index contributed by atoms with van der Waals surface area (Å²) in [6.07, 6.45) is 14.4. The summed E-state index contributed by atoms with van der Waals surface area (Å²) in [5.41, 5.74) is 1.45. The molecule has 0 N–H and O–H groups in total. The molecule has 1 aromatic heterocycles. The summed E-state index contributed by atoms with van der Waals surface area (Å²) in [7, 11) is 0. The predicted octanol–water partition coefficient (Wildman–Crippen LogP) is 6.66. The lowest BCUT2D eigenvalue weighted by Gasteiger charge is -2.07. The fourth-order valence-electron chi connectivity index (χ4n) is 4.40. The second kappa shape index (κ2) is 14.8. The molecule has 0 saturated carbocycles. The SMILES string of the molecule is C=CC(=O)OCCCCCCCCCCCCn1cc2cc(-c3ccccc3)c(=O)ccc2cc1=O. The Bertz CT molecular complexity index is 1250. The summed E-state index contributed by atoms with van der Waals surface area (Å²) < 4.78 is 6.75. The molecule has 0 unspecified atom stereocenters. The number of pyridine rings is 1. The highest BCUT2D eigenvalue weighted by Gasteiger charge is 2.05. The Hall–Kier alpha value is -3.47. The third kappa shape index (κ3) is 8.63. The number of rotatable bonds is 15. The first-order valence-corrected chi connectivity index (χ1v) is 13.1. The van der Waals surface area contributed by atoms with Gasteiger partial charge in [-0.25, -0.2) is 4.79 Å². The summed E-state index contributed by atoms with van der Waals surface area (Å²) >= 11 is 0. The smallest absolute Gasteiger partial charge is 0.330 e. The van der Waals surface area contributed by atoms with E-state index in [1.807, 2.05) is 42.6 Å². The normalized spacial score (nSPS) is 10.9. The highest BCUT2D eigenvalue weighted by molar-refractivity contribution is 5.84. The van der Waals surface area contributed by atoms with Crippen molar-refractivity contribution in [3.8, 4) is 11.1 Å². The van der Waals surface area contributed by atoms with Gasteiger partial charge in [0.15, 0.2) is 5.43 Å². The van der Waals surface area contributed by atoms with Crippen molar-refractivity contribution in [1.29, 1.82) is 0 Å². The number of esters is 1. The van der Waals surface area contributed by atoms with Crippen molar-refractivity contribution < 1.29 is 9.53 Å². The minimum Gasteiger partial charge on any atom is -0.463 e. The molecule has 0 amide bonds. The van der Waals surface area contributed by atoms with Crippen molar-refractivity contribution in [2.24, 2.45) is 0 Å². The van der Waals surface area contributed by atoms with E-state index in [4.69, 9.17) is 4.74 Å². The van der Waals surface area contributed by atoms with Crippen LogP contribution in [0.4, 0.5) is 0 Å². The maximum absolute atomic E-state index is 12.6. The van der Waals surface area contributed by atoms with E-state index in [1.54, 1.807) is 22.8 Å². The number of nitrogens with zero attached hydrogens (tertiary/aromatic N) is 1. The van der Waals surface area contributed by atoms with Gasteiger partial charge in [0.1, 0.15) is 0 Å². The lowest BCUT2D eigenvalue weighted by Crippen LogP contribution is -2.18. The number of aryl methyl sites for hydroxylation is 1. The third-order valence-electron chi connectivity index (χ3n) is 6.46. The van der Waals surface area contributed by atoms with Gasteiger partial charge in [0.05, 0.1) is 6.61 Å². The third-order valence-corrected chi connectivity index (χ3v) is 6.46. The van der Waals surface area contributed by atoms with Gasteiger partial charge in [-0.05, 0) is 41.3 Å². The number of carbonyl (C=O) groups is 1. The molecule has 2 aromatic carbocycles. The van der Waals surface area contributed by atoms with E-state index in [9.17, 15) is 14.4 Å². The molecule has 0 radical (unpaired) electrons. The van der Waals surface area contributed by atoms with E-state index in [0.29, 0.717) is 18.7 Å². The van der Waals surface area contributed by atoms with Crippen LogP contribution in [0.15, 0.2) is 83.0 Å². The Morgan fingerprint density at radius 1 is 0.778 bits per heavy atom. The molecule has 0 bridgehead atoms. The molecular weight excluding hydrogens is 450 g/mol. The Morgan fingerprint density at radius 2 is 1.42 bits per heavy atom. The van der Waals surface area contributed by atoms with Crippen molar-refractivity contribution >= 4 is 16.7 Å². The number of aromatic nitrogens is 1. The van der Waals surface area contributed by atoms with Gasteiger partial charge in [-0.1, -0.05) is 94.3 Å². The topological polar surface area (TPSA) is 65.4 Å². The Balaban J connectivity index is 1.40. The van der Waals surface area contributed by atoms with Crippen LogP contribution < -0.4 is 11.0 Å². The van der Waals surface area contributed by atoms with Gasteiger partial charge in [-0.3, -0.25) is 9.59 Å². The molecule has 190 valence electrons. The van der Waals surface area contributed by atoms with Gasteiger partial charge < -0.3 is 9.30 Å². The van der Waals surface area contributed by atoms with E-state index in [0.717, 1.165) is 42.0 Å². The maximum atomic E-state index is 12.6. The molecule has 5 nitrogen and oxygen atoms in total. The molecule has 0 aliphatic heterocycles. The van der Waals surface area contributed by atoms with Gasteiger partial charge >= 0.3 is 5.97 Å². The largest absolute Gasteiger partial charge is 0.463 e. The van der Waals surface area contributed by atoms with Crippen LogP contribution in [-0.4, -0.2) is 17.1 Å². The van der Waals surface area contributed by atoms with E-state index in [-0.39, 0.29) is 17.0 Å². The lowest BCUT2D eigenvalue weighted by molar-refractivity contribution is -0.137. The number of unbranched alkanes of at least 4 members (excludes halogenated alkanes) is 9. The van der Waals surface area contributed by atoms with E-state index in [1.165, 1.54) is 44.6 Å². The molecule has 0 atom stereocenters. The summed E-state index contributed by atoms with van der Waals surface area (Å²) in [5, 5.41) is 1.68. The van der Waals surface area contributed by atoms with Crippen LogP contribution in [0.5, 0.6) is 0 Å². The number of hydrogen-bond acceptors (Lipinski definition) is 4. The minimum atomic E-state index is -0.343. The Labute approximate surface area is 213 Å². The maximum Gasteiger partial charge on any atom is 0.330 e. The number of carbonyl (C=O) groups excluding carboxylic acids is 1. The monoisotopic (exact) mass is 487 g/mol. The van der Waals surface area contributed by atoms with Crippen LogP contribution in [0.1, 0.15) is 64.2 Å². The average Bonchev–Trinajstić information content (AvgIpc) is 3.05. The molecule has 1 heterocycles. The predicted molar refractivity (Wildman–Crippen MR) is 147 cm³/mol. The van der Waals surface area contributed by atoms with Crippen molar-refractivity contribution in [1.82, 2.24) is 4.57 Å². The van der Waals surface area contributed by atoms with Crippen molar-refractivity contribution in [2.45, 2.75) is 70.8 Å². The zero-order valence-electron chi connectivity index (χ0n) is 21.1. The number of ether oxygens (including phenoxy) is 1. The van der Waals surface area contributed by atoms with Crippen molar-refractivity contribution in [3.05, 3.63) is 94.0 Å². The standard InChI is InChI=1S/C31H37NO4/c1-2-31(35)36-21-15-10-8-6-4-3-5-7-9-14-20-32-24-27-22-28(25-16-12-11-13-17-25)29(33)19-18-26(27)23-30(32)34/h2,11-13,16-19,22-24H,1,3-10,14-15,20-21H2. The van der Waals surface area contributed by atoms with Crippen LogP contribution in [0.2, 0.25) is 0 Å². The van der Waals surface area contributed by atoms with Gasteiger partial charge in [-0.2, -0.15) is 0 Å². The second-order valence-corrected chi connectivity index (χ2v) is 9.24.